The van der Waals surface area contributed by atoms with Crippen molar-refractivity contribution in [3.63, 3.8) is 0 Å². The largest absolute Gasteiger partial charge is 0.507 e. The average molecular weight is 476 g/mol. The number of benzene rings is 2. The molecular weight excluding hydrogens is 442 g/mol. The van der Waals surface area contributed by atoms with E-state index in [2.05, 4.69) is 13.0 Å². The zero-order valence-corrected chi connectivity index (χ0v) is 20.4. The molecule has 3 aliphatic rings. The maximum atomic E-state index is 12.8. The number of rotatable bonds is 7. The fourth-order valence-corrected chi connectivity index (χ4v) is 6.34. The number of carbonyl (C=O) groups excluding carboxylic acids is 2. The van der Waals surface area contributed by atoms with Crippen molar-refractivity contribution < 1.29 is 24.5 Å². The Morgan fingerprint density at radius 1 is 1.09 bits per heavy atom. The summed E-state index contributed by atoms with van der Waals surface area (Å²) in [5.41, 5.74) is 4.32. The number of aromatic hydroxyl groups is 1. The number of imide groups is 1. The third kappa shape index (κ3) is 4.09. The van der Waals surface area contributed by atoms with Crippen molar-refractivity contribution in [2.75, 3.05) is 20.3 Å². The van der Waals surface area contributed by atoms with E-state index in [1.807, 2.05) is 30.3 Å². The number of hydrogen-bond donors (Lipinski definition) is 2. The van der Waals surface area contributed by atoms with E-state index in [1.54, 1.807) is 13.1 Å². The Bertz CT molecular complexity index is 1230. The highest BCUT2D eigenvalue weighted by atomic mass is 16.5. The molecule has 2 N–H and O–H groups in total. The third-order valence-corrected chi connectivity index (χ3v) is 8.01. The van der Waals surface area contributed by atoms with E-state index in [9.17, 15) is 19.8 Å². The van der Waals surface area contributed by atoms with Gasteiger partial charge in [0.25, 0.3) is 0 Å². The molecular formula is C29H33NO5. The Morgan fingerprint density at radius 2 is 1.86 bits per heavy atom. The number of allylic oxidation sites excluding steroid dienone is 1. The van der Waals surface area contributed by atoms with E-state index in [1.165, 1.54) is 10.5 Å². The minimum Gasteiger partial charge on any atom is -0.507 e. The second kappa shape index (κ2) is 9.59. The summed E-state index contributed by atoms with van der Waals surface area (Å²) in [6.45, 7) is 2.49. The SMILES string of the molecule is CCC/C(=C\c1ccc(O)c2ccccc12)CC[C@H]1OC[C@H]2C1=C(CO)C[C@H]1C(=O)N(C)C(=O)[C@H]12. The zero-order chi connectivity index (χ0) is 24.7. The molecule has 2 saturated heterocycles. The number of phenols is 1. The lowest BCUT2D eigenvalue weighted by atomic mass is 9.69. The fourth-order valence-electron chi connectivity index (χ4n) is 6.34. The predicted octanol–water partition coefficient (Wildman–Crippen LogP) is 4.45. The highest BCUT2D eigenvalue weighted by Crippen LogP contribution is 2.49. The van der Waals surface area contributed by atoms with Gasteiger partial charge in [0.15, 0.2) is 0 Å². The van der Waals surface area contributed by atoms with Gasteiger partial charge in [-0.25, -0.2) is 0 Å². The van der Waals surface area contributed by atoms with Crippen molar-refractivity contribution in [2.45, 2.75) is 45.1 Å². The molecule has 0 radical (unpaired) electrons. The first kappa shape index (κ1) is 23.8. The lowest BCUT2D eigenvalue weighted by Gasteiger charge is -2.31. The van der Waals surface area contributed by atoms with Crippen molar-refractivity contribution >= 4 is 28.7 Å². The van der Waals surface area contributed by atoms with Crippen LogP contribution in [0.5, 0.6) is 5.75 Å². The van der Waals surface area contributed by atoms with Gasteiger partial charge in [0.1, 0.15) is 5.75 Å². The maximum Gasteiger partial charge on any atom is 0.233 e. The van der Waals surface area contributed by atoms with Crippen molar-refractivity contribution in [2.24, 2.45) is 17.8 Å². The molecule has 6 nitrogen and oxygen atoms in total. The highest BCUT2D eigenvalue weighted by Gasteiger charge is 2.55. The van der Waals surface area contributed by atoms with Gasteiger partial charge in [0.05, 0.1) is 31.2 Å². The number of fused-ring (bicyclic) bond motifs is 4. The van der Waals surface area contributed by atoms with Crippen LogP contribution in [0.3, 0.4) is 0 Å². The van der Waals surface area contributed by atoms with Crippen molar-refractivity contribution in [1.82, 2.24) is 4.90 Å². The van der Waals surface area contributed by atoms with E-state index in [-0.39, 0.29) is 48.0 Å². The minimum absolute atomic E-state index is 0.0999. The molecule has 0 spiro atoms. The van der Waals surface area contributed by atoms with Crippen molar-refractivity contribution in [3.05, 3.63) is 58.7 Å². The summed E-state index contributed by atoms with van der Waals surface area (Å²) in [7, 11) is 1.56. The van der Waals surface area contributed by atoms with Gasteiger partial charge in [-0.3, -0.25) is 14.5 Å². The van der Waals surface area contributed by atoms with Crippen LogP contribution in [0.2, 0.25) is 0 Å². The summed E-state index contributed by atoms with van der Waals surface area (Å²) in [5.74, 6) is -0.829. The molecule has 0 bridgehead atoms. The third-order valence-electron chi connectivity index (χ3n) is 8.01. The molecule has 2 aliphatic heterocycles. The molecule has 184 valence electrons. The summed E-state index contributed by atoms with van der Waals surface area (Å²) in [6, 6.07) is 11.6. The molecule has 2 heterocycles. The molecule has 6 heteroatoms. The van der Waals surface area contributed by atoms with Crippen LogP contribution in [0, 0.1) is 17.8 Å². The van der Waals surface area contributed by atoms with Gasteiger partial charge in [-0.05, 0) is 53.8 Å². The number of nitrogens with zero attached hydrogens (tertiary/aromatic N) is 1. The smallest absolute Gasteiger partial charge is 0.233 e. The lowest BCUT2D eigenvalue weighted by Crippen LogP contribution is -2.34. The van der Waals surface area contributed by atoms with Crippen LogP contribution in [0.1, 0.15) is 44.6 Å². The first-order valence-electron chi connectivity index (χ1n) is 12.6. The van der Waals surface area contributed by atoms with Crippen LogP contribution in [0.15, 0.2) is 53.1 Å². The average Bonchev–Trinajstić information content (AvgIpc) is 3.39. The first-order chi connectivity index (χ1) is 16.9. The zero-order valence-electron chi connectivity index (χ0n) is 20.4. The Hall–Kier alpha value is -2.96. The van der Waals surface area contributed by atoms with Crippen molar-refractivity contribution in [1.29, 1.82) is 0 Å². The van der Waals surface area contributed by atoms with Crippen LogP contribution < -0.4 is 0 Å². The number of likely N-dealkylation sites (tertiary alicyclic amines) is 1. The topological polar surface area (TPSA) is 87.1 Å². The van der Waals surface area contributed by atoms with Gasteiger partial charge >= 0.3 is 0 Å². The van der Waals surface area contributed by atoms with E-state index in [0.29, 0.717) is 13.0 Å². The van der Waals surface area contributed by atoms with Crippen LogP contribution >= 0.6 is 0 Å². The van der Waals surface area contributed by atoms with Crippen LogP contribution in [0.25, 0.3) is 16.8 Å². The van der Waals surface area contributed by atoms with Gasteiger partial charge < -0.3 is 14.9 Å². The fraction of sp³-hybridized carbons (Fsp3) is 0.448. The Labute approximate surface area is 205 Å². The second-order valence-electron chi connectivity index (χ2n) is 10.0. The number of ether oxygens (including phenoxy) is 1. The van der Waals surface area contributed by atoms with Crippen molar-refractivity contribution in [3.8, 4) is 5.75 Å². The second-order valence-corrected chi connectivity index (χ2v) is 10.0. The molecule has 1 aliphatic carbocycles. The first-order valence-corrected chi connectivity index (χ1v) is 12.6. The molecule has 2 aromatic carbocycles. The number of hydrogen-bond acceptors (Lipinski definition) is 5. The number of amides is 2. The Morgan fingerprint density at radius 3 is 2.60 bits per heavy atom. The minimum atomic E-state index is -0.371. The Kier molecular flexibility index (Phi) is 6.51. The maximum absolute atomic E-state index is 12.8. The molecule has 4 atom stereocenters. The molecule has 0 saturated carbocycles. The van der Waals surface area contributed by atoms with Crippen LogP contribution in [0.4, 0.5) is 0 Å². The summed E-state index contributed by atoms with van der Waals surface area (Å²) in [5, 5.41) is 22.2. The summed E-state index contributed by atoms with van der Waals surface area (Å²) in [4.78, 5) is 26.7. The van der Waals surface area contributed by atoms with Gasteiger partial charge in [0, 0.05) is 18.4 Å². The molecule has 2 fully saturated rings. The lowest BCUT2D eigenvalue weighted by molar-refractivity contribution is -0.138. The molecule has 35 heavy (non-hydrogen) atoms. The number of carbonyl (C=O) groups is 2. The van der Waals surface area contributed by atoms with Gasteiger partial charge in [0.2, 0.25) is 11.8 Å². The predicted molar refractivity (Wildman–Crippen MR) is 134 cm³/mol. The molecule has 0 aromatic heterocycles. The molecule has 5 rings (SSSR count). The van der Waals surface area contributed by atoms with E-state index in [0.717, 1.165) is 53.2 Å². The normalized spacial score (nSPS) is 26.6. The monoisotopic (exact) mass is 475 g/mol. The molecule has 2 amide bonds. The highest BCUT2D eigenvalue weighted by molar-refractivity contribution is 6.05. The molecule has 0 unspecified atom stereocenters. The number of aliphatic hydroxyl groups excluding tert-OH is 1. The number of aliphatic hydroxyl groups is 1. The summed E-state index contributed by atoms with van der Waals surface area (Å²) < 4.78 is 6.21. The number of phenolic OH excluding ortho intramolecular Hbond substituents is 1. The van der Waals surface area contributed by atoms with Gasteiger partial charge in [-0.1, -0.05) is 55.3 Å². The van der Waals surface area contributed by atoms with Gasteiger partial charge in [-0.2, -0.15) is 0 Å². The van der Waals surface area contributed by atoms with Crippen LogP contribution in [-0.2, 0) is 14.3 Å². The van der Waals surface area contributed by atoms with Gasteiger partial charge in [-0.15, -0.1) is 0 Å². The summed E-state index contributed by atoms with van der Waals surface area (Å²) >= 11 is 0. The standard InChI is InChI=1S/C29H33NO5/c1-3-6-17(13-18-10-11-24(32)21-8-5-4-7-20(18)21)9-12-25-26-19(15-31)14-22-27(23(26)16-35-25)29(34)30(2)28(22)33/h4-5,7-8,10-11,13,22-23,25,27,31-32H,3,6,9,12,14-16H2,1-2H3/b17-13+/t22-,23+,25-,27-/m1/s1. The van der Waals surface area contributed by atoms with E-state index in [4.69, 9.17) is 4.74 Å². The Balaban J connectivity index is 1.40. The summed E-state index contributed by atoms with van der Waals surface area (Å²) in [6.07, 6.45) is 6.11. The molecule has 2 aromatic rings. The van der Waals surface area contributed by atoms with E-state index < -0.39 is 0 Å². The van der Waals surface area contributed by atoms with Crippen LogP contribution in [-0.4, -0.2) is 53.3 Å². The quantitative estimate of drug-likeness (QED) is 0.456. The van der Waals surface area contributed by atoms with E-state index >= 15 is 0 Å².